The highest BCUT2D eigenvalue weighted by atomic mass is 16.6. The third-order valence-corrected chi connectivity index (χ3v) is 5.11. The molecule has 2 aliphatic rings. The molecule has 23 heavy (non-hydrogen) atoms. The van der Waals surface area contributed by atoms with Gasteiger partial charge in [0.15, 0.2) is 0 Å². The van der Waals surface area contributed by atoms with Crippen molar-refractivity contribution in [3.63, 3.8) is 0 Å². The molecule has 1 aromatic heterocycles. The summed E-state index contributed by atoms with van der Waals surface area (Å²) < 4.78 is 2.39. The lowest BCUT2D eigenvalue weighted by Gasteiger charge is -2.26. The zero-order valence-electron chi connectivity index (χ0n) is 13.9. The molecular weight excluding hydrogens is 294 g/mol. The van der Waals surface area contributed by atoms with Gasteiger partial charge >= 0.3 is 6.16 Å². The smallest absolute Gasteiger partial charge is 0.450 e. The standard InChI is InChI=1S/C16H27N3.CH2O3/c1-12-4-6-14(7-5-12)19-10-16(18-11-19)15-9-13(15)3-2-8-17;2-1(3)4/h10-15H,2-9,17H2,1H3;(H2,2,3,4)/t12-,13?,14-,15?;. The summed E-state index contributed by atoms with van der Waals surface area (Å²) in [5.41, 5.74) is 6.92. The maximum Gasteiger partial charge on any atom is 0.503 e. The van der Waals surface area contributed by atoms with Gasteiger partial charge in [0.05, 0.1) is 12.0 Å². The van der Waals surface area contributed by atoms with Crippen LogP contribution in [0.15, 0.2) is 12.5 Å². The van der Waals surface area contributed by atoms with Crippen LogP contribution in [0, 0.1) is 11.8 Å². The van der Waals surface area contributed by atoms with Crippen LogP contribution in [0.3, 0.4) is 0 Å². The predicted molar refractivity (Wildman–Crippen MR) is 88.7 cm³/mol. The maximum absolute atomic E-state index is 8.56. The van der Waals surface area contributed by atoms with Gasteiger partial charge in [-0.25, -0.2) is 9.78 Å². The third kappa shape index (κ3) is 5.53. The van der Waals surface area contributed by atoms with Crippen molar-refractivity contribution in [1.82, 2.24) is 9.55 Å². The first-order chi connectivity index (χ1) is 11.0. The van der Waals surface area contributed by atoms with Crippen molar-refractivity contribution in [3.8, 4) is 0 Å². The number of carboxylic acid groups (broad SMARTS) is 2. The van der Waals surface area contributed by atoms with Crippen LogP contribution in [0.1, 0.15) is 69.5 Å². The Morgan fingerprint density at radius 2 is 2.00 bits per heavy atom. The summed E-state index contributed by atoms with van der Waals surface area (Å²) in [6.45, 7) is 3.21. The second-order valence-corrected chi connectivity index (χ2v) is 6.98. The largest absolute Gasteiger partial charge is 0.503 e. The number of imidazole rings is 1. The molecule has 0 amide bonds. The van der Waals surface area contributed by atoms with Crippen molar-refractivity contribution in [3.05, 3.63) is 18.2 Å². The van der Waals surface area contributed by atoms with Gasteiger partial charge in [0.1, 0.15) is 0 Å². The molecule has 0 radical (unpaired) electrons. The van der Waals surface area contributed by atoms with Gasteiger partial charge in [-0.15, -0.1) is 0 Å². The Bertz CT molecular complexity index is 491. The highest BCUT2D eigenvalue weighted by molar-refractivity contribution is 5.53. The predicted octanol–water partition coefficient (Wildman–Crippen LogP) is 3.70. The summed E-state index contributed by atoms with van der Waals surface area (Å²) >= 11 is 0. The molecule has 0 saturated heterocycles. The zero-order valence-corrected chi connectivity index (χ0v) is 13.9. The number of hydrogen-bond acceptors (Lipinski definition) is 3. The summed E-state index contributed by atoms with van der Waals surface area (Å²) in [4.78, 5) is 13.2. The molecule has 3 rings (SSSR count). The molecule has 0 spiro atoms. The minimum atomic E-state index is -1.83. The lowest BCUT2D eigenvalue weighted by molar-refractivity contribution is 0.137. The topological polar surface area (TPSA) is 101 Å². The average molecular weight is 323 g/mol. The van der Waals surface area contributed by atoms with Crippen molar-refractivity contribution in [1.29, 1.82) is 0 Å². The molecule has 0 aliphatic heterocycles. The van der Waals surface area contributed by atoms with Crippen LogP contribution >= 0.6 is 0 Å². The van der Waals surface area contributed by atoms with Crippen LogP contribution in [-0.2, 0) is 0 Å². The van der Waals surface area contributed by atoms with E-state index in [9.17, 15) is 0 Å². The summed E-state index contributed by atoms with van der Waals surface area (Å²) in [6, 6.07) is 0.707. The summed E-state index contributed by atoms with van der Waals surface area (Å²) in [5, 5.41) is 13.9. The molecule has 6 heteroatoms. The molecular formula is C17H29N3O3. The molecule has 4 N–H and O–H groups in total. The normalized spacial score (nSPS) is 29.5. The maximum atomic E-state index is 8.56. The van der Waals surface area contributed by atoms with Crippen molar-refractivity contribution in [2.45, 2.75) is 63.8 Å². The molecule has 2 unspecified atom stereocenters. The van der Waals surface area contributed by atoms with Crippen molar-refractivity contribution >= 4 is 6.16 Å². The quantitative estimate of drug-likeness (QED) is 0.767. The van der Waals surface area contributed by atoms with Crippen LogP contribution in [0.2, 0.25) is 0 Å². The van der Waals surface area contributed by atoms with E-state index in [4.69, 9.17) is 20.7 Å². The number of hydrogen-bond donors (Lipinski definition) is 3. The van der Waals surface area contributed by atoms with E-state index in [0.29, 0.717) is 6.04 Å². The van der Waals surface area contributed by atoms with E-state index in [1.165, 1.54) is 50.6 Å². The van der Waals surface area contributed by atoms with Gasteiger partial charge < -0.3 is 20.5 Å². The van der Waals surface area contributed by atoms with Crippen LogP contribution in [0.25, 0.3) is 0 Å². The number of rotatable bonds is 5. The minimum absolute atomic E-state index is 0.707. The van der Waals surface area contributed by atoms with Gasteiger partial charge in [0, 0.05) is 18.2 Å². The Balaban J connectivity index is 0.000000433. The summed E-state index contributed by atoms with van der Waals surface area (Å²) in [6.07, 6.45) is 11.8. The Labute approximate surface area is 137 Å². The van der Waals surface area contributed by atoms with E-state index < -0.39 is 6.16 Å². The van der Waals surface area contributed by atoms with Crippen molar-refractivity contribution in [2.24, 2.45) is 17.6 Å². The first-order valence-electron chi connectivity index (χ1n) is 8.66. The highest BCUT2D eigenvalue weighted by Gasteiger charge is 2.39. The fourth-order valence-electron chi connectivity index (χ4n) is 3.59. The molecule has 1 aromatic rings. The molecule has 2 atom stereocenters. The van der Waals surface area contributed by atoms with Gasteiger partial charge in [-0.3, -0.25) is 0 Å². The minimum Gasteiger partial charge on any atom is -0.450 e. The SMILES string of the molecule is C[C@H]1CC[C@H](n2cnc(C3CC3CCCN)c2)CC1.O=C(O)O. The molecule has 2 saturated carbocycles. The second-order valence-electron chi connectivity index (χ2n) is 6.98. The number of aromatic nitrogens is 2. The highest BCUT2D eigenvalue weighted by Crippen LogP contribution is 2.49. The van der Waals surface area contributed by atoms with E-state index in [1.807, 2.05) is 0 Å². The Hall–Kier alpha value is -1.56. The van der Waals surface area contributed by atoms with Gasteiger partial charge in [-0.2, -0.15) is 0 Å². The first kappa shape index (κ1) is 17.8. The first-order valence-corrected chi connectivity index (χ1v) is 8.66. The molecule has 0 aromatic carbocycles. The van der Waals surface area contributed by atoms with E-state index in [0.717, 1.165) is 24.3 Å². The number of carbonyl (C=O) groups is 1. The van der Waals surface area contributed by atoms with E-state index in [2.05, 4.69) is 29.0 Å². The van der Waals surface area contributed by atoms with Gasteiger partial charge in [-0.1, -0.05) is 6.92 Å². The lowest BCUT2D eigenvalue weighted by Crippen LogP contribution is -2.15. The van der Waals surface area contributed by atoms with Crippen molar-refractivity contribution in [2.75, 3.05) is 6.54 Å². The molecule has 2 aliphatic carbocycles. The van der Waals surface area contributed by atoms with Crippen molar-refractivity contribution < 1.29 is 15.0 Å². The molecule has 1 heterocycles. The van der Waals surface area contributed by atoms with Gasteiger partial charge in [0.25, 0.3) is 0 Å². The van der Waals surface area contributed by atoms with Crippen LogP contribution in [0.5, 0.6) is 0 Å². The Morgan fingerprint density at radius 1 is 1.35 bits per heavy atom. The third-order valence-electron chi connectivity index (χ3n) is 5.11. The molecule has 6 nitrogen and oxygen atoms in total. The summed E-state index contributed by atoms with van der Waals surface area (Å²) in [5.74, 6) is 2.51. The fourth-order valence-corrected chi connectivity index (χ4v) is 3.59. The molecule has 130 valence electrons. The fraction of sp³-hybridized carbons (Fsp3) is 0.765. The second kappa shape index (κ2) is 8.34. The molecule has 2 fully saturated rings. The Morgan fingerprint density at radius 3 is 2.61 bits per heavy atom. The zero-order chi connectivity index (χ0) is 16.8. The van der Waals surface area contributed by atoms with E-state index in [-0.39, 0.29) is 0 Å². The van der Waals surface area contributed by atoms with Crippen LogP contribution in [0.4, 0.5) is 4.79 Å². The number of nitrogens with zero attached hydrogens (tertiary/aromatic N) is 2. The lowest BCUT2D eigenvalue weighted by atomic mass is 9.87. The van der Waals surface area contributed by atoms with E-state index >= 15 is 0 Å². The van der Waals surface area contributed by atoms with Crippen LogP contribution < -0.4 is 5.73 Å². The molecule has 0 bridgehead atoms. The monoisotopic (exact) mass is 323 g/mol. The summed E-state index contributed by atoms with van der Waals surface area (Å²) in [7, 11) is 0. The van der Waals surface area contributed by atoms with E-state index in [1.54, 1.807) is 0 Å². The van der Waals surface area contributed by atoms with Crippen LogP contribution in [-0.4, -0.2) is 32.5 Å². The van der Waals surface area contributed by atoms with Gasteiger partial charge in [-0.05, 0) is 63.3 Å². The Kier molecular flexibility index (Phi) is 6.45. The average Bonchev–Trinajstić information content (AvgIpc) is 3.11. The van der Waals surface area contributed by atoms with Gasteiger partial charge in [0.2, 0.25) is 0 Å². The number of nitrogens with two attached hydrogens (primary N) is 1.